The Bertz CT molecular complexity index is 1630. The zero-order valence-corrected chi connectivity index (χ0v) is 26.7. The molecule has 0 amide bonds. The van der Waals surface area contributed by atoms with Crippen LogP contribution in [0.15, 0.2) is 66.7 Å². The summed E-state index contributed by atoms with van der Waals surface area (Å²) >= 11 is 6.14. The average Bonchev–Trinajstić information content (AvgIpc) is 3.08. The van der Waals surface area contributed by atoms with E-state index in [0.29, 0.717) is 60.0 Å². The lowest BCUT2D eigenvalue weighted by Crippen LogP contribution is -2.32. The maximum absolute atomic E-state index is 6.14. The molecule has 10 heteroatoms. The highest BCUT2D eigenvalue weighted by Gasteiger charge is 2.20. The van der Waals surface area contributed by atoms with Gasteiger partial charge in [-0.1, -0.05) is 35.9 Å². The minimum atomic E-state index is -0.0764. The molecule has 9 nitrogen and oxygen atoms in total. The molecule has 0 radical (unpaired) electrons. The second kappa shape index (κ2) is 14.8. The molecule has 236 valence electrons. The molecule has 0 saturated heterocycles. The summed E-state index contributed by atoms with van der Waals surface area (Å²) in [7, 11) is 8.01. The van der Waals surface area contributed by atoms with E-state index in [-0.39, 0.29) is 6.17 Å². The summed E-state index contributed by atoms with van der Waals surface area (Å²) in [6.07, 6.45) is 3.86. The van der Waals surface area contributed by atoms with E-state index in [0.717, 1.165) is 33.0 Å². The first-order chi connectivity index (χ1) is 22.0. The lowest BCUT2D eigenvalue weighted by atomic mass is 10.1. The second-order valence-corrected chi connectivity index (χ2v) is 10.5. The predicted octanol–water partition coefficient (Wildman–Crippen LogP) is 7.23. The van der Waals surface area contributed by atoms with Crippen molar-refractivity contribution in [1.82, 2.24) is 5.32 Å². The molecule has 0 bridgehead atoms. The number of nitrogens with one attached hydrogen (secondary N) is 2. The number of fused-ring (bicyclic) bond motifs is 1. The van der Waals surface area contributed by atoms with Crippen molar-refractivity contribution in [2.45, 2.75) is 12.7 Å². The summed E-state index contributed by atoms with van der Waals surface area (Å²) in [5.74, 6) is 4.20. The summed E-state index contributed by atoms with van der Waals surface area (Å²) in [4.78, 5) is 0. The van der Waals surface area contributed by atoms with E-state index in [2.05, 4.69) is 10.6 Å². The Balaban J connectivity index is 1.21. The molecule has 1 heterocycles. The molecule has 45 heavy (non-hydrogen) atoms. The fourth-order valence-electron chi connectivity index (χ4n) is 5.06. The van der Waals surface area contributed by atoms with Gasteiger partial charge in [0.1, 0.15) is 19.4 Å². The molecular formula is C35H37ClN2O7. The molecule has 2 N–H and O–H groups in total. The van der Waals surface area contributed by atoms with Gasteiger partial charge in [-0.25, -0.2) is 0 Å². The van der Waals surface area contributed by atoms with Gasteiger partial charge in [0.05, 0.1) is 35.5 Å². The van der Waals surface area contributed by atoms with Crippen molar-refractivity contribution in [3.63, 3.8) is 0 Å². The monoisotopic (exact) mass is 632 g/mol. The van der Waals surface area contributed by atoms with Crippen molar-refractivity contribution < 1.29 is 33.2 Å². The third-order valence-electron chi connectivity index (χ3n) is 7.33. The minimum absolute atomic E-state index is 0.0764. The first-order valence-corrected chi connectivity index (χ1v) is 14.7. The number of hydrogen-bond donors (Lipinski definition) is 2. The van der Waals surface area contributed by atoms with Crippen molar-refractivity contribution in [1.29, 1.82) is 0 Å². The van der Waals surface area contributed by atoms with Crippen LogP contribution >= 0.6 is 11.6 Å². The lowest BCUT2D eigenvalue weighted by molar-refractivity contribution is 0.206. The van der Waals surface area contributed by atoms with Crippen LogP contribution in [0.5, 0.6) is 40.2 Å². The molecule has 0 saturated carbocycles. The number of benzene rings is 4. The Morgan fingerprint density at radius 2 is 1.29 bits per heavy atom. The molecule has 0 fully saturated rings. The third-order valence-corrected chi connectivity index (χ3v) is 7.56. The van der Waals surface area contributed by atoms with E-state index in [1.54, 1.807) is 35.5 Å². The highest BCUT2D eigenvalue weighted by atomic mass is 35.5. The number of ether oxygens (including phenoxy) is 7. The van der Waals surface area contributed by atoms with Gasteiger partial charge in [-0.2, -0.15) is 0 Å². The van der Waals surface area contributed by atoms with Crippen LogP contribution in [-0.2, 0) is 6.54 Å². The second-order valence-electron chi connectivity index (χ2n) is 10.1. The van der Waals surface area contributed by atoms with Gasteiger partial charge in [0.2, 0.25) is 5.75 Å². The maximum Gasteiger partial charge on any atom is 0.203 e. The van der Waals surface area contributed by atoms with Crippen LogP contribution in [-0.4, -0.2) is 48.8 Å². The zero-order valence-electron chi connectivity index (χ0n) is 25.9. The van der Waals surface area contributed by atoms with Gasteiger partial charge in [0.15, 0.2) is 34.5 Å². The van der Waals surface area contributed by atoms with Crippen molar-refractivity contribution in [2.75, 3.05) is 54.1 Å². The van der Waals surface area contributed by atoms with Gasteiger partial charge in [0.25, 0.3) is 0 Å². The molecule has 4 aromatic rings. The topological polar surface area (TPSA) is 88.7 Å². The first-order valence-electron chi connectivity index (χ1n) is 14.3. The molecule has 0 aromatic heterocycles. The van der Waals surface area contributed by atoms with E-state index in [1.807, 2.05) is 78.9 Å². The zero-order chi connectivity index (χ0) is 31.8. The summed E-state index contributed by atoms with van der Waals surface area (Å²) in [6, 6.07) is 21.2. The smallest absolute Gasteiger partial charge is 0.203 e. The summed E-state index contributed by atoms with van der Waals surface area (Å²) < 4.78 is 39.6. The first kappa shape index (κ1) is 31.7. The largest absolute Gasteiger partial charge is 0.493 e. The Labute approximate surface area is 268 Å². The van der Waals surface area contributed by atoms with Gasteiger partial charge < -0.3 is 38.5 Å². The molecule has 1 atom stereocenters. The molecule has 1 aliphatic rings. The number of hydrogen-bond acceptors (Lipinski definition) is 9. The Morgan fingerprint density at radius 1 is 0.644 bits per heavy atom. The van der Waals surface area contributed by atoms with Gasteiger partial charge in [-0.3, -0.25) is 5.32 Å². The predicted molar refractivity (Wildman–Crippen MR) is 177 cm³/mol. The van der Waals surface area contributed by atoms with Crippen LogP contribution in [0.25, 0.3) is 12.2 Å². The minimum Gasteiger partial charge on any atom is -0.493 e. The van der Waals surface area contributed by atoms with Gasteiger partial charge >= 0.3 is 0 Å². The van der Waals surface area contributed by atoms with E-state index in [1.165, 1.54) is 0 Å². The summed E-state index contributed by atoms with van der Waals surface area (Å²) in [5, 5.41) is 7.72. The highest BCUT2D eigenvalue weighted by Crippen LogP contribution is 2.39. The standard InChI is InChI=1S/C35H37ClN2O7/c1-39-28-12-8-22(6-7-23-17-32(41-3)34(43-5)33(18-23)42-4)16-31(28)45-15-14-44-29-13-9-24(20-30(29)40-2)35-37-21-25-19-26(36)10-11-27(25)38-35/h6-13,16-20,35,37-38H,14-15,21H2,1-5H3. The molecule has 1 aliphatic heterocycles. The van der Waals surface area contributed by atoms with E-state index in [9.17, 15) is 0 Å². The molecule has 4 aromatic carbocycles. The van der Waals surface area contributed by atoms with E-state index in [4.69, 9.17) is 44.8 Å². The van der Waals surface area contributed by atoms with E-state index < -0.39 is 0 Å². The van der Waals surface area contributed by atoms with Crippen molar-refractivity contribution >= 4 is 29.4 Å². The van der Waals surface area contributed by atoms with Gasteiger partial charge in [-0.05, 0) is 76.9 Å². The van der Waals surface area contributed by atoms with Crippen molar-refractivity contribution in [3.8, 4) is 40.2 Å². The Morgan fingerprint density at radius 3 is 1.98 bits per heavy atom. The van der Waals surface area contributed by atoms with E-state index >= 15 is 0 Å². The molecule has 1 unspecified atom stereocenters. The molecular weight excluding hydrogens is 596 g/mol. The fourth-order valence-corrected chi connectivity index (χ4v) is 5.25. The maximum atomic E-state index is 6.14. The van der Waals surface area contributed by atoms with Crippen LogP contribution in [0.1, 0.15) is 28.4 Å². The van der Waals surface area contributed by atoms with Crippen LogP contribution in [0.3, 0.4) is 0 Å². The highest BCUT2D eigenvalue weighted by molar-refractivity contribution is 6.30. The van der Waals surface area contributed by atoms with Crippen molar-refractivity contribution in [3.05, 3.63) is 94.0 Å². The normalized spacial score (nSPS) is 13.9. The number of halogens is 1. The van der Waals surface area contributed by atoms with Crippen LogP contribution in [0, 0.1) is 0 Å². The molecule has 0 aliphatic carbocycles. The average molecular weight is 633 g/mol. The Kier molecular flexibility index (Phi) is 10.4. The van der Waals surface area contributed by atoms with Gasteiger partial charge in [-0.15, -0.1) is 0 Å². The molecule has 0 spiro atoms. The SMILES string of the molecule is COc1cc(C2NCc3cc(Cl)ccc3N2)ccc1OCCOc1cc(C=Cc2cc(OC)c(OC)c(OC)c2)ccc1OC. The number of anilines is 1. The Hall–Kier alpha value is -4.73. The number of rotatable bonds is 13. The van der Waals surface area contributed by atoms with Crippen LogP contribution in [0.2, 0.25) is 5.02 Å². The number of methoxy groups -OCH3 is 5. The summed E-state index contributed by atoms with van der Waals surface area (Å²) in [5.41, 5.74) is 5.02. The summed E-state index contributed by atoms with van der Waals surface area (Å²) in [6.45, 7) is 1.31. The molecule has 5 rings (SSSR count). The van der Waals surface area contributed by atoms with Crippen molar-refractivity contribution in [2.24, 2.45) is 0 Å². The third kappa shape index (κ3) is 7.50. The van der Waals surface area contributed by atoms with Crippen LogP contribution < -0.4 is 43.8 Å². The quantitative estimate of drug-likeness (QED) is 0.117. The van der Waals surface area contributed by atoms with Crippen LogP contribution in [0.4, 0.5) is 5.69 Å². The fraction of sp³-hybridized carbons (Fsp3) is 0.257. The lowest BCUT2D eigenvalue weighted by Gasteiger charge is -2.29. The van der Waals surface area contributed by atoms with Gasteiger partial charge in [0, 0.05) is 17.3 Å².